The van der Waals surface area contributed by atoms with Crippen LogP contribution in [0.2, 0.25) is 5.02 Å². The van der Waals surface area contributed by atoms with Gasteiger partial charge in [0.2, 0.25) is 11.1 Å². The summed E-state index contributed by atoms with van der Waals surface area (Å²) >= 11 is 7.20. The molecule has 3 rings (SSSR count). The molecular formula is C17H15ClN6O3S. The molecule has 1 aromatic heterocycles. The second-order valence-corrected chi connectivity index (χ2v) is 7.60. The summed E-state index contributed by atoms with van der Waals surface area (Å²) in [6.07, 6.45) is 0. The predicted octanol–water partition coefficient (Wildman–Crippen LogP) is 3.65. The molecule has 1 heterocycles. The average Bonchev–Trinajstić information content (AvgIpc) is 3.11. The van der Waals surface area contributed by atoms with Crippen LogP contribution >= 0.6 is 23.4 Å². The number of hydrogen-bond donors (Lipinski definition) is 1. The molecule has 0 saturated carbocycles. The summed E-state index contributed by atoms with van der Waals surface area (Å²) in [5.74, 6) is -0.334. The van der Waals surface area contributed by atoms with Crippen molar-refractivity contribution in [2.45, 2.75) is 24.3 Å². The zero-order chi connectivity index (χ0) is 20.3. The van der Waals surface area contributed by atoms with E-state index in [1.807, 2.05) is 31.2 Å². The number of hydrogen-bond acceptors (Lipinski definition) is 7. The summed E-state index contributed by atoms with van der Waals surface area (Å²) in [7, 11) is 0. The van der Waals surface area contributed by atoms with E-state index in [1.54, 1.807) is 11.6 Å². The van der Waals surface area contributed by atoms with Gasteiger partial charge < -0.3 is 5.32 Å². The average molecular weight is 419 g/mol. The van der Waals surface area contributed by atoms with Crippen molar-refractivity contribution < 1.29 is 9.72 Å². The van der Waals surface area contributed by atoms with Crippen molar-refractivity contribution in [2.75, 3.05) is 5.32 Å². The van der Waals surface area contributed by atoms with E-state index >= 15 is 0 Å². The monoisotopic (exact) mass is 418 g/mol. The third-order valence-electron chi connectivity index (χ3n) is 3.76. The molecule has 0 aliphatic rings. The van der Waals surface area contributed by atoms with E-state index in [-0.39, 0.29) is 16.6 Å². The Bertz CT molecular complexity index is 1040. The van der Waals surface area contributed by atoms with Crippen molar-refractivity contribution >= 4 is 40.6 Å². The van der Waals surface area contributed by atoms with E-state index < -0.39 is 10.2 Å². The summed E-state index contributed by atoms with van der Waals surface area (Å²) in [6, 6.07) is 11.5. The molecule has 0 aliphatic carbocycles. The molecular weight excluding hydrogens is 404 g/mol. The molecule has 11 heteroatoms. The number of amides is 1. The maximum atomic E-state index is 12.5. The Morgan fingerprint density at radius 2 is 2.11 bits per heavy atom. The predicted molar refractivity (Wildman–Crippen MR) is 106 cm³/mol. The van der Waals surface area contributed by atoms with Gasteiger partial charge in [0.25, 0.3) is 5.69 Å². The summed E-state index contributed by atoms with van der Waals surface area (Å²) in [4.78, 5) is 22.7. The molecule has 0 bridgehead atoms. The normalized spacial score (nSPS) is 11.8. The summed E-state index contributed by atoms with van der Waals surface area (Å²) in [5.41, 5.74) is 1.99. The van der Waals surface area contributed by atoms with Gasteiger partial charge in [0.15, 0.2) is 0 Å². The van der Waals surface area contributed by atoms with Gasteiger partial charge in [0.1, 0.15) is 0 Å². The van der Waals surface area contributed by atoms with Gasteiger partial charge in [-0.2, -0.15) is 4.68 Å². The van der Waals surface area contributed by atoms with Crippen LogP contribution in [-0.4, -0.2) is 36.3 Å². The maximum Gasteiger partial charge on any atom is 0.271 e. The molecule has 0 unspecified atom stereocenters. The number of benzene rings is 2. The van der Waals surface area contributed by atoms with Crippen LogP contribution in [0.5, 0.6) is 0 Å². The van der Waals surface area contributed by atoms with E-state index in [1.165, 1.54) is 30.0 Å². The smallest absolute Gasteiger partial charge is 0.271 e. The minimum Gasteiger partial charge on any atom is -0.324 e. The van der Waals surface area contributed by atoms with Gasteiger partial charge >= 0.3 is 0 Å². The Morgan fingerprint density at radius 3 is 2.79 bits per heavy atom. The van der Waals surface area contributed by atoms with E-state index in [0.717, 1.165) is 11.3 Å². The lowest BCUT2D eigenvalue weighted by Gasteiger charge is -2.12. The van der Waals surface area contributed by atoms with Crippen LogP contribution in [0.25, 0.3) is 5.69 Å². The molecule has 0 saturated heterocycles. The van der Waals surface area contributed by atoms with Gasteiger partial charge in [-0.05, 0) is 48.0 Å². The third-order valence-corrected chi connectivity index (χ3v) is 5.11. The summed E-state index contributed by atoms with van der Waals surface area (Å²) < 4.78 is 1.56. The van der Waals surface area contributed by atoms with E-state index in [0.29, 0.717) is 10.8 Å². The summed E-state index contributed by atoms with van der Waals surface area (Å²) in [6.45, 7) is 3.67. The number of non-ortho nitro benzene ring substituents is 1. The Balaban J connectivity index is 1.72. The van der Waals surface area contributed by atoms with Crippen LogP contribution in [-0.2, 0) is 4.79 Å². The minimum absolute atomic E-state index is 0.0874. The molecule has 1 N–H and O–H groups in total. The quantitative estimate of drug-likeness (QED) is 0.369. The van der Waals surface area contributed by atoms with E-state index in [2.05, 4.69) is 20.8 Å². The van der Waals surface area contributed by atoms with Crippen molar-refractivity contribution in [3.63, 3.8) is 0 Å². The number of rotatable bonds is 6. The van der Waals surface area contributed by atoms with Gasteiger partial charge in [0, 0.05) is 12.1 Å². The van der Waals surface area contributed by atoms with Crippen LogP contribution in [0.4, 0.5) is 11.4 Å². The highest BCUT2D eigenvalue weighted by atomic mass is 35.5. The van der Waals surface area contributed by atoms with Crippen molar-refractivity contribution in [3.8, 4) is 5.69 Å². The first-order chi connectivity index (χ1) is 13.3. The standard InChI is InChI=1S/C17H15ClN6O3S/c1-10-4-3-5-12(8-10)23-17(20-21-22-23)28-11(2)16(25)19-15-7-6-13(24(26)27)9-14(15)18/h3-9,11H,1-2H3,(H,19,25)/t11-/m1/s1. The third kappa shape index (κ3) is 4.46. The fourth-order valence-electron chi connectivity index (χ4n) is 2.34. The Morgan fingerprint density at radius 1 is 1.32 bits per heavy atom. The van der Waals surface area contributed by atoms with Gasteiger partial charge in [-0.3, -0.25) is 14.9 Å². The highest BCUT2D eigenvalue weighted by molar-refractivity contribution is 8.00. The number of nitrogens with zero attached hydrogens (tertiary/aromatic N) is 5. The van der Waals surface area contributed by atoms with Crippen molar-refractivity contribution in [3.05, 3.63) is 63.2 Å². The summed E-state index contributed by atoms with van der Waals surface area (Å²) in [5, 5.41) is 25.1. The number of aromatic nitrogens is 4. The fourth-order valence-corrected chi connectivity index (χ4v) is 3.37. The lowest BCUT2D eigenvalue weighted by Crippen LogP contribution is -2.23. The Hall–Kier alpha value is -2.98. The van der Waals surface area contributed by atoms with Crippen LogP contribution in [0.3, 0.4) is 0 Å². The number of carbonyl (C=O) groups is 1. The second kappa shape index (κ2) is 8.36. The van der Waals surface area contributed by atoms with Crippen LogP contribution in [0, 0.1) is 17.0 Å². The largest absolute Gasteiger partial charge is 0.324 e. The molecule has 0 aliphatic heterocycles. The molecule has 9 nitrogen and oxygen atoms in total. The number of anilines is 1. The van der Waals surface area contributed by atoms with E-state index in [9.17, 15) is 14.9 Å². The van der Waals surface area contributed by atoms with Gasteiger partial charge in [-0.15, -0.1) is 5.10 Å². The number of aryl methyl sites for hydroxylation is 1. The lowest BCUT2D eigenvalue weighted by atomic mass is 10.2. The first-order valence-electron chi connectivity index (χ1n) is 8.12. The number of carbonyl (C=O) groups excluding carboxylic acids is 1. The SMILES string of the molecule is Cc1cccc(-n2nnnc2S[C@H](C)C(=O)Nc2ccc([N+](=O)[O-])cc2Cl)c1. The molecule has 144 valence electrons. The molecule has 0 radical (unpaired) electrons. The molecule has 28 heavy (non-hydrogen) atoms. The molecule has 1 atom stereocenters. The first-order valence-corrected chi connectivity index (χ1v) is 9.38. The number of tetrazole rings is 1. The Kier molecular flexibility index (Phi) is 5.90. The van der Waals surface area contributed by atoms with Crippen molar-refractivity contribution in [1.29, 1.82) is 0 Å². The highest BCUT2D eigenvalue weighted by Gasteiger charge is 2.21. The van der Waals surface area contributed by atoms with Crippen LogP contribution in [0.1, 0.15) is 12.5 Å². The van der Waals surface area contributed by atoms with Gasteiger partial charge in [-0.1, -0.05) is 35.5 Å². The molecule has 3 aromatic rings. The number of nitro groups is 1. The zero-order valence-corrected chi connectivity index (χ0v) is 16.4. The zero-order valence-electron chi connectivity index (χ0n) is 14.9. The first kappa shape index (κ1) is 19.8. The van der Waals surface area contributed by atoms with E-state index in [4.69, 9.17) is 11.6 Å². The second-order valence-electron chi connectivity index (χ2n) is 5.88. The highest BCUT2D eigenvalue weighted by Crippen LogP contribution is 2.28. The number of halogens is 1. The van der Waals surface area contributed by atoms with Crippen LogP contribution in [0.15, 0.2) is 47.6 Å². The maximum absolute atomic E-state index is 12.5. The molecule has 0 fully saturated rings. The lowest BCUT2D eigenvalue weighted by molar-refractivity contribution is -0.384. The Labute approximate surface area is 169 Å². The molecule has 2 aromatic carbocycles. The molecule has 0 spiro atoms. The minimum atomic E-state index is -0.554. The number of nitrogens with one attached hydrogen (secondary N) is 1. The van der Waals surface area contributed by atoms with Crippen molar-refractivity contribution in [2.24, 2.45) is 0 Å². The van der Waals surface area contributed by atoms with Gasteiger partial charge in [0.05, 0.1) is 26.6 Å². The molecule has 1 amide bonds. The number of nitro benzene ring substituents is 1. The topological polar surface area (TPSA) is 116 Å². The van der Waals surface area contributed by atoms with Crippen LogP contribution < -0.4 is 5.32 Å². The van der Waals surface area contributed by atoms with Gasteiger partial charge in [-0.25, -0.2) is 0 Å². The fraction of sp³-hybridized carbons (Fsp3) is 0.176. The van der Waals surface area contributed by atoms with Crippen molar-refractivity contribution in [1.82, 2.24) is 20.2 Å². The number of thioether (sulfide) groups is 1.